The van der Waals surface area contributed by atoms with Crippen LogP contribution >= 0.6 is 23.2 Å². The summed E-state index contributed by atoms with van der Waals surface area (Å²) in [5.74, 6) is -0.146. The molecule has 2 rings (SSSR count). The Bertz CT molecular complexity index is 854. The molecule has 26 heavy (non-hydrogen) atoms. The van der Waals surface area contributed by atoms with Crippen LogP contribution in [-0.4, -0.2) is 22.6 Å². The molecule has 0 aliphatic rings. The number of hydrogen-bond donors (Lipinski definition) is 1. The number of ether oxygens (including phenoxy) is 1. The number of carbonyl (C=O) groups excluding carboxylic acids is 1. The Kier molecular flexibility index (Phi) is 6.54. The van der Waals surface area contributed by atoms with E-state index in [0.29, 0.717) is 27.1 Å². The highest BCUT2D eigenvalue weighted by Crippen LogP contribution is 2.28. The minimum Gasteiger partial charge on any atom is -0.479 e. The maximum Gasteiger partial charge on any atom is 0.280 e. The molecule has 1 atom stereocenters. The summed E-state index contributed by atoms with van der Waals surface area (Å²) in [6.45, 7) is 3.22. The van der Waals surface area contributed by atoms with Gasteiger partial charge in [0.25, 0.3) is 11.6 Å². The molecule has 0 fully saturated rings. The molecular formula is C17H15Cl2N3O4. The summed E-state index contributed by atoms with van der Waals surface area (Å²) in [4.78, 5) is 22.3. The van der Waals surface area contributed by atoms with E-state index in [2.05, 4.69) is 10.5 Å². The van der Waals surface area contributed by atoms with E-state index in [4.69, 9.17) is 27.9 Å². The van der Waals surface area contributed by atoms with Crippen molar-refractivity contribution in [1.82, 2.24) is 5.43 Å². The van der Waals surface area contributed by atoms with Crippen LogP contribution in [0.4, 0.5) is 5.69 Å². The minimum atomic E-state index is -0.845. The van der Waals surface area contributed by atoms with E-state index in [1.807, 2.05) is 0 Å². The van der Waals surface area contributed by atoms with Crippen LogP contribution in [0, 0.1) is 10.1 Å². The molecule has 1 amide bonds. The molecule has 2 aromatic rings. The van der Waals surface area contributed by atoms with E-state index in [-0.39, 0.29) is 5.69 Å². The lowest BCUT2D eigenvalue weighted by Gasteiger charge is -2.14. The number of nitrogens with zero attached hydrogens (tertiary/aromatic N) is 2. The molecule has 0 aliphatic heterocycles. The lowest BCUT2D eigenvalue weighted by Crippen LogP contribution is -2.34. The van der Waals surface area contributed by atoms with Crippen LogP contribution in [0.3, 0.4) is 0 Å². The topological polar surface area (TPSA) is 93.8 Å². The second kappa shape index (κ2) is 8.64. The third-order valence-corrected chi connectivity index (χ3v) is 3.93. The van der Waals surface area contributed by atoms with Crippen LogP contribution in [0.2, 0.25) is 10.0 Å². The molecule has 2 aromatic carbocycles. The van der Waals surface area contributed by atoms with Crippen molar-refractivity contribution in [3.63, 3.8) is 0 Å². The van der Waals surface area contributed by atoms with Crippen LogP contribution in [0.15, 0.2) is 47.6 Å². The highest BCUT2D eigenvalue weighted by atomic mass is 35.5. The van der Waals surface area contributed by atoms with Crippen molar-refractivity contribution in [1.29, 1.82) is 0 Å². The number of amides is 1. The van der Waals surface area contributed by atoms with Crippen LogP contribution in [0.1, 0.15) is 19.4 Å². The summed E-state index contributed by atoms with van der Waals surface area (Å²) in [5, 5.41) is 15.4. The number of hydrazone groups is 1. The first-order valence-electron chi connectivity index (χ1n) is 7.48. The van der Waals surface area contributed by atoms with Gasteiger partial charge in [0.2, 0.25) is 0 Å². The lowest BCUT2D eigenvalue weighted by molar-refractivity contribution is -0.384. The number of nitro benzene ring substituents is 1. The number of carbonyl (C=O) groups is 1. The summed E-state index contributed by atoms with van der Waals surface area (Å²) < 4.78 is 5.50. The first-order valence-corrected chi connectivity index (χ1v) is 8.24. The maximum atomic E-state index is 12.1. The summed E-state index contributed by atoms with van der Waals surface area (Å²) >= 11 is 11.8. The molecule has 0 bridgehead atoms. The predicted octanol–water partition coefficient (Wildman–Crippen LogP) is 4.21. The number of nitrogens with one attached hydrogen (secondary N) is 1. The van der Waals surface area contributed by atoms with Gasteiger partial charge in [-0.05, 0) is 49.7 Å². The second-order valence-corrected chi connectivity index (χ2v) is 6.16. The number of benzene rings is 2. The molecule has 0 saturated carbocycles. The van der Waals surface area contributed by atoms with Gasteiger partial charge in [0.1, 0.15) is 5.75 Å². The van der Waals surface area contributed by atoms with Gasteiger partial charge in [-0.1, -0.05) is 23.2 Å². The van der Waals surface area contributed by atoms with Gasteiger partial charge in [-0.2, -0.15) is 5.10 Å². The van der Waals surface area contributed by atoms with Crippen LogP contribution in [0.5, 0.6) is 5.75 Å². The highest BCUT2D eigenvalue weighted by molar-refractivity contribution is 6.35. The average Bonchev–Trinajstić information content (AvgIpc) is 2.61. The third-order valence-electron chi connectivity index (χ3n) is 3.40. The second-order valence-electron chi connectivity index (χ2n) is 5.31. The molecule has 0 radical (unpaired) electrons. The molecule has 7 nitrogen and oxygen atoms in total. The maximum absolute atomic E-state index is 12.1. The molecule has 1 N–H and O–H groups in total. The Hall–Kier alpha value is -2.64. The van der Waals surface area contributed by atoms with Crippen molar-refractivity contribution in [2.75, 3.05) is 0 Å². The van der Waals surface area contributed by atoms with Crippen LogP contribution < -0.4 is 10.2 Å². The summed E-state index contributed by atoms with van der Waals surface area (Å²) in [7, 11) is 0. The normalized spacial score (nSPS) is 12.4. The molecule has 0 aliphatic carbocycles. The van der Waals surface area contributed by atoms with Gasteiger partial charge in [-0.25, -0.2) is 5.43 Å². The molecule has 0 saturated heterocycles. The van der Waals surface area contributed by atoms with Gasteiger partial charge >= 0.3 is 0 Å². The summed E-state index contributed by atoms with van der Waals surface area (Å²) in [6.07, 6.45) is -0.845. The molecule has 0 aromatic heterocycles. The molecule has 0 heterocycles. The number of hydrogen-bond acceptors (Lipinski definition) is 5. The molecule has 136 valence electrons. The summed E-state index contributed by atoms with van der Waals surface area (Å²) in [5.41, 5.74) is 3.50. The Labute approximate surface area is 159 Å². The average molecular weight is 396 g/mol. The zero-order valence-electron chi connectivity index (χ0n) is 13.9. The monoisotopic (exact) mass is 395 g/mol. The fourth-order valence-corrected chi connectivity index (χ4v) is 2.39. The third kappa shape index (κ3) is 5.18. The van der Waals surface area contributed by atoms with Crippen molar-refractivity contribution in [3.05, 3.63) is 68.2 Å². The molecular weight excluding hydrogens is 381 g/mol. The molecule has 0 spiro atoms. The Morgan fingerprint density at radius 1 is 1.23 bits per heavy atom. The van der Waals surface area contributed by atoms with E-state index >= 15 is 0 Å². The molecule has 9 heteroatoms. The van der Waals surface area contributed by atoms with Crippen molar-refractivity contribution in [2.24, 2.45) is 5.10 Å². The fourth-order valence-electron chi connectivity index (χ4n) is 1.93. The van der Waals surface area contributed by atoms with Gasteiger partial charge in [-0.3, -0.25) is 14.9 Å². The number of non-ortho nitro benzene ring substituents is 1. The molecule has 1 unspecified atom stereocenters. The quantitative estimate of drug-likeness (QED) is 0.450. The SMILES string of the molecule is CC(=NNC(=O)C(C)Oc1ccc(Cl)cc1Cl)c1ccc([N+](=O)[O-])cc1. The van der Waals surface area contributed by atoms with Gasteiger partial charge in [0.05, 0.1) is 15.7 Å². The summed E-state index contributed by atoms with van der Waals surface area (Å²) in [6, 6.07) is 10.5. The van der Waals surface area contributed by atoms with E-state index in [1.165, 1.54) is 18.2 Å². The minimum absolute atomic E-state index is 0.0209. The van der Waals surface area contributed by atoms with Crippen LogP contribution in [0.25, 0.3) is 0 Å². The lowest BCUT2D eigenvalue weighted by atomic mass is 10.1. The zero-order valence-corrected chi connectivity index (χ0v) is 15.4. The van der Waals surface area contributed by atoms with Gasteiger partial charge in [-0.15, -0.1) is 0 Å². The van der Waals surface area contributed by atoms with E-state index < -0.39 is 16.9 Å². The first kappa shape index (κ1) is 19.7. The van der Waals surface area contributed by atoms with E-state index in [1.54, 1.807) is 38.1 Å². The van der Waals surface area contributed by atoms with E-state index in [0.717, 1.165) is 0 Å². The predicted molar refractivity (Wildman–Crippen MR) is 100 cm³/mol. The van der Waals surface area contributed by atoms with Crippen molar-refractivity contribution < 1.29 is 14.5 Å². The zero-order chi connectivity index (χ0) is 19.3. The standard InChI is InChI=1S/C17H15Cl2N3O4/c1-10(12-3-6-14(7-4-12)22(24)25)20-21-17(23)11(2)26-16-8-5-13(18)9-15(16)19/h3-9,11H,1-2H3,(H,21,23). The van der Waals surface area contributed by atoms with Gasteiger partial charge < -0.3 is 4.74 Å². The van der Waals surface area contributed by atoms with Crippen molar-refractivity contribution in [3.8, 4) is 5.75 Å². The van der Waals surface area contributed by atoms with Crippen LogP contribution in [-0.2, 0) is 4.79 Å². The highest BCUT2D eigenvalue weighted by Gasteiger charge is 2.16. The van der Waals surface area contributed by atoms with Gasteiger partial charge in [0, 0.05) is 17.2 Å². The Balaban J connectivity index is 1.99. The smallest absolute Gasteiger partial charge is 0.280 e. The first-order chi connectivity index (χ1) is 12.3. The van der Waals surface area contributed by atoms with Crippen molar-refractivity contribution in [2.45, 2.75) is 20.0 Å². The number of nitro groups is 1. The Morgan fingerprint density at radius 2 is 1.88 bits per heavy atom. The largest absolute Gasteiger partial charge is 0.479 e. The number of rotatable bonds is 6. The van der Waals surface area contributed by atoms with Crippen molar-refractivity contribution >= 4 is 40.5 Å². The fraction of sp³-hybridized carbons (Fsp3) is 0.176. The van der Waals surface area contributed by atoms with Gasteiger partial charge in [0.15, 0.2) is 6.10 Å². The van der Waals surface area contributed by atoms with E-state index in [9.17, 15) is 14.9 Å². The number of halogens is 2. The Morgan fingerprint density at radius 3 is 2.46 bits per heavy atom.